The van der Waals surface area contributed by atoms with Crippen molar-refractivity contribution in [2.45, 2.75) is 19.4 Å². The number of rotatable bonds is 3. The Morgan fingerprint density at radius 1 is 1.21 bits per heavy atom. The van der Waals surface area contributed by atoms with Gasteiger partial charge in [0.1, 0.15) is 5.82 Å². The van der Waals surface area contributed by atoms with Gasteiger partial charge in [0.15, 0.2) is 0 Å². The highest BCUT2D eigenvalue weighted by Crippen LogP contribution is 2.27. The number of aryl methyl sites for hydroxylation is 1. The second kappa shape index (κ2) is 5.91. The molecule has 0 fully saturated rings. The maximum atomic E-state index is 13.4. The van der Waals surface area contributed by atoms with Gasteiger partial charge in [0, 0.05) is 11.1 Å². The molecule has 0 aliphatic rings. The largest absolute Gasteiger partial charge is 0.324 e. The predicted octanol–water partition coefficient (Wildman–Crippen LogP) is 4.68. The standard InChI is InChI=1S/C15H14Cl2FN/c1-9-5-6-11(16)8-12(9)14(19)7-10-3-2-4-13(18)15(10)17/h2-6,8,14H,7,19H2,1H3. The molecule has 0 aliphatic carbocycles. The molecule has 0 saturated heterocycles. The zero-order valence-corrected chi connectivity index (χ0v) is 12.0. The molecule has 100 valence electrons. The fourth-order valence-electron chi connectivity index (χ4n) is 2.06. The van der Waals surface area contributed by atoms with Crippen molar-refractivity contribution in [2.75, 3.05) is 0 Å². The molecule has 4 heteroatoms. The second-order valence-corrected chi connectivity index (χ2v) is 5.34. The SMILES string of the molecule is Cc1ccc(Cl)cc1C(N)Cc1cccc(F)c1Cl. The topological polar surface area (TPSA) is 26.0 Å². The number of halogens is 3. The minimum atomic E-state index is -0.422. The van der Waals surface area contributed by atoms with Crippen LogP contribution >= 0.6 is 23.2 Å². The van der Waals surface area contributed by atoms with Gasteiger partial charge in [-0.15, -0.1) is 0 Å². The third-order valence-electron chi connectivity index (χ3n) is 3.11. The highest BCUT2D eigenvalue weighted by molar-refractivity contribution is 6.31. The molecule has 0 spiro atoms. The Kier molecular flexibility index (Phi) is 4.46. The molecule has 0 aromatic heterocycles. The molecule has 0 saturated carbocycles. The smallest absolute Gasteiger partial charge is 0.142 e. The highest BCUT2D eigenvalue weighted by atomic mass is 35.5. The summed E-state index contributed by atoms with van der Waals surface area (Å²) in [5, 5.41) is 0.777. The van der Waals surface area contributed by atoms with Gasteiger partial charge in [-0.3, -0.25) is 0 Å². The van der Waals surface area contributed by atoms with Crippen molar-refractivity contribution in [3.8, 4) is 0 Å². The van der Waals surface area contributed by atoms with Crippen LogP contribution in [-0.4, -0.2) is 0 Å². The van der Waals surface area contributed by atoms with Gasteiger partial charge >= 0.3 is 0 Å². The lowest BCUT2D eigenvalue weighted by atomic mass is 9.96. The van der Waals surface area contributed by atoms with Gasteiger partial charge in [0.05, 0.1) is 5.02 Å². The molecule has 19 heavy (non-hydrogen) atoms. The summed E-state index contributed by atoms with van der Waals surface area (Å²) in [7, 11) is 0. The second-order valence-electron chi connectivity index (χ2n) is 4.52. The minimum Gasteiger partial charge on any atom is -0.324 e. The Balaban J connectivity index is 2.28. The van der Waals surface area contributed by atoms with Crippen molar-refractivity contribution in [3.63, 3.8) is 0 Å². The lowest BCUT2D eigenvalue weighted by Gasteiger charge is -2.16. The molecule has 0 heterocycles. The molecule has 1 unspecified atom stereocenters. The fraction of sp³-hybridized carbons (Fsp3) is 0.200. The first-order chi connectivity index (χ1) is 8.99. The monoisotopic (exact) mass is 297 g/mol. The van der Waals surface area contributed by atoms with Crippen LogP contribution in [-0.2, 0) is 6.42 Å². The van der Waals surface area contributed by atoms with Crippen molar-refractivity contribution in [3.05, 3.63) is 69.0 Å². The zero-order valence-electron chi connectivity index (χ0n) is 10.5. The van der Waals surface area contributed by atoms with E-state index in [1.165, 1.54) is 6.07 Å². The molecule has 0 radical (unpaired) electrons. The Bertz CT molecular complexity index is 599. The average molecular weight is 298 g/mol. The van der Waals surface area contributed by atoms with E-state index in [0.29, 0.717) is 17.0 Å². The lowest BCUT2D eigenvalue weighted by Crippen LogP contribution is -2.15. The summed E-state index contributed by atoms with van der Waals surface area (Å²) in [5.41, 5.74) is 8.89. The number of hydrogen-bond donors (Lipinski definition) is 1. The van der Waals surface area contributed by atoms with Crippen LogP contribution in [0.1, 0.15) is 22.7 Å². The summed E-state index contributed by atoms with van der Waals surface area (Å²) in [6.45, 7) is 1.97. The maximum absolute atomic E-state index is 13.4. The van der Waals surface area contributed by atoms with Gasteiger partial charge in [0.2, 0.25) is 0 Å². The van der Waals surface area contributed by atoms with Crippen LogP contribution in [0.2, 0.25) is 10.0 Å². The number of hydrogen-bond acceptors (Lipinski definition) is 1. The number of benzene rings is 2. The summed E-state index contributed by atoms with van der Waals surface area (Å²) in [6.07, 6.45) is 0.470. The van der Waals surface area contributed by atoms with E-state index in [1.807, 2.05) is 25.1 Å². The van der Waals surface area contributed by atoms with Crippen LogP contribution in [0.5, 0.6) is 0 Å². The van der Waals surface area contributed by atoms with Crippen LogP contribution in [0, 0.1) is 12.7 Å². The Labute approximate surface area is 122 Å². The fourth-order valence-corrected chi connectivity index (χ4v) is 2.45. The van der Waals surface area contributed by atoms with Gasteiger partial charge in [-0.1, -0.05) is 41.4 Å². The van der Waals surface area contributed by atoms with Crippen LogP contribution in [0.4, 0.5) is 4.39 Å². The van der Waals surface area contributed by atoms with Gasteiger partial charge < -0.3 is 5.73 Å². The van der Waals surface area contributed by atoms with Crippen molar-refractivity contribution in [1.82, 2.24) is 0 Å². The summed E-state index contributed by atoms with van der Waals surface area (Å²) >= 11 is 11.9. The van der Waals surface area contributed by atoms with Crippen LogP contribution in [0.25, 0.3) is 0 Å². The van der Waals surface area contributed by atoms with Gasteiger partial charge in [0.25, 0.3) is 0 Å². The molecule has 0 bridgehead atoms. The highest BCUT2D eigenvalue weighted by Gasteiger charge is 2.14. The van der Waals surface area contributed by atoms with E-state index >= 15 is 0 Å². The summed E-state index contributed by atoms with van der Waals surface area (Å²) in [4.78, 5) is 0. The van der Waals surface area contributed by atoms with E-state index in [2.05, 4.69) is 0 Å². The van der Waals surface area contributed by atoms with Crippen molar-refractivity contribution in [1.29, 1.82) is 0 Å². The molecule has 0 aliphatic heterocycles. The van der Waals surface area contributed by atoms with Crippen molar-refractivity contribution < 1.29 is 4.39 Å². The lowest BCUT2D eigenvalue weighted by molar-refractivity contribution is 0.622. The molecular formula is C15H14Cl2FN. The quantitative estimate of drug-likeness (QED) is 0.874. The molecule has 1 atom stereocenters. The summed E-state index contributed by atoms with van der Waals surface area (Å²) < 4.78 is 13.4. The third kappa shape index (κ3) is 3.27. The molecular weight excluding hydrogens is 284 g/mol. The predicted molar refractivity (Wildman–Crippen MR) is 78.2 cm³/mol. The first kappa shape index (κ1) is 14.3. The molecule has 1 nitrogen and oxygen atoms in total. The van der Waals surface area contributed by atoms with E-state index < -0.39 is 5.82 Å². The first-order valence-electron chi connectivity index (χ1n) is 5.93. The van der Waals surface area contributed by atoms with E-state index in [9.17, 15) is 4.39 Å². The molecule has 2 rings (SSSR count). The van der Waals surface area contributed by atoms with Crippen molar-refractivity contribution >= 4 is 23.2 Å². The molecule has 2 aromatic rings. The normalized spacial score (nSPS) is 12.5. The van der Waals surface area contributed by atoms with Crippen molar-refractivity contribution in [2.24, 2.45) is 5.73 Å². The molecule has 2 aromatic carbocycles. The average Bonchev–Trinajstić information content (AvgIpc) is 2.38. The Morgan fingerprint density at radius 3 is 2.68 bits per heavy atom. The summed E-state index contributed by atoms with van der Waals surface area (Å²) in [6, 6.07) is 10.1. The Morgan fingerprint density at radius 2 is 1.95 bits per heavy atom. The summed E-state index contributed by atoms with van der Waals surface area (Å²) in [5.74, 6) is -0.422. The van der Waals surface area contributed by atoms with E-state index in [4.69, 9.17) is 28.9 Å². The molecule has 2 N–H and O–H groups in total. The Hall–Kier alpha value is -1.09. The van der Waals surface area contributed by atoms with E-state index in [1.54, 1.807) is 12.1 Å². The van der Waals surface area contributed by atoms with Crippen LogP contribution < -0.4 is 5.73 Å². The van der Waals surface area contributed by atoms with Gasteiger partial charge in [-0.25, -0.2) is 4.39 Å². The van der Waals surface area contributed by atoms with E-state index in [-0.39, 0.29) is 11.1 Å². The van der Waals surface area contributed by atoms with Gasteiger partial charge in [-0.05, 0) is 48.2 Å². The third-order valence-corrected chi connectivity index (χ3v) is 3.77. The first-order valence-corrected chi connectivity index (χ1v) is 6.69. The minimum absolute atomic E-state index is 0.137. The van der Waals surface area contributed by atoms with Crippen LogP contribution in [0.3, 0.4) is 0 Å². The van der Waals surface area contributed by atoms with Gasteiger partial charge in [-0.2, -0.15) is 0 Å². The van der Waals surface area contributed by atoms with Crippen LogP contribution in [0.15, 0.2) is 36.4 Å². The maximum Gasteiger partial charge on any atom is 0.142 e. The zero-order chi connectivity index (χ0) is 14.0. The van der Waals surface area contributed by atoms with E-state index in [0.717, 1.165) is 11.1 Å². The molecule has 0 amide bonds. The number of nitrogens with two attached hydrogens (primary N) is 1.